The lowest BCUT2D eigenvalue weighted by Crippen LogP contribution is -2.27. The van der Waals surface area contributed by atoms with Gasteiger partial charge in [0.15, 0.2) is 11.3 Å². The first kappa shape index (κ1) is 22.4. The van der Waals surface area contributed by atoms with Crippen LogP contribution in [0.25, 0.3) is 28.2 Å². The van der Waals surface area contributed by atoms with Crippen LogP contribution < -0.4 is 5.32 Å². The monoisotopic (exact) mass is 453 g/mol. The van der Waals surface area contributed by atoms with Crippen molar-refractivity contribution in [1.29, 1.82) is 0 Å². The third kappa shape index (κ3) is 4.57. The topological polar surface area (TPSA) is 72.2 Å². The fraction of sp³-hybridized carbons (Fsp3) is 0.250. The van der Waals surface area contributed by atoms with E-state index in [1.807, 2.05) is 45.9 Å². The zero-order chi connectivity index (χ0) is 24.0. The fourth-order valence-corrected chi connectivity index (χ4v) is 3.23. The van der Waals surface area contributed by atoms with E-state index < -0.39 is 17.3 Å². The molecule has 0 aliphatic heterocycles. The van der Waals surface area contributed by atoms with Gasteiger partial charge in [-0.2, -0.15) is 18.3 Å². The number of anilines is 1. The molecule has 0 radical (unpaired) electrons. The molecule has 1 N–H and O–H groups in total. The van der Waals surface area contributed by atoms with Gasteiger partial charge >= 0.3 is 6.18 Å². The minimum absolute atomic E-state index is 0.107. The first-order valence-corrected chi connectivity index (χ1v) is 10.2. The van der Waals surface area contributed by atoms with E-state index in [2.05, 4.69) is 20.4 Å². The van der Waals surface area contributed by atoms with Gasteiger partial charge in [0, 0.05) is 28.4 Å². The van der Waals surface area contributed by atoms with Crippen LogP contribution >= 0.6 is 0 Å². The average Bonchev–Trinajstić information content (AvgIpc) is 3.17. The third-order valence-corrected chi connectivity index (χ3v) is 5.13. The maximum absolute atomic E-state index is 13.4. The Hall–Kier alpha value is -3.75. The van der Waals surface area contributed by atoms with Crippen LogP contribution in [0, 0.1) is 12.3 Å². The largest absolute Gasteiger partial charge is 0.434 e. The molecule has 3 aromatic heterocycles. The second-order valence-electron chi connectivity index (χ2n) is 8.78. The molecular formula is C24H22F3N5O. The fourth-order valence-electron chi connectivity index (χ4n) is 3.23. The molecule has 0 saturated carbocycles. The molecule has 0 aliphatic carbocycles. The van der Waals surface area contributed by atoms with Crippen molar-refractivity contribution in [1.82, 2.24) is 19.6 Å². The molecule has 0 unspecified atom stereocenters. The van der Waals surface area contributed by atoms with Gasteiger partial charge in [0.05, 0.1) is 17.6 Å². The molecule has 0 bridgehead atoms. The van der Waals surface area contributed by atoms with Crippen LogP contribution in [-0.4, -0.2) is 25.5 Å². The van der Waals surface area contributed by atoms with Gasteiger partial charge in [0.25, 0.3) is 0 Å². The van der Waals surface area contributed by atoms with E-state index >= 15 is 0 Å². The maximum atomic E-state index is 13.4. The summed E-state index contributed by atoms with van der Waals surface area (Å²) < 4.78 is 41.5. The van der Waals surface area contributed by atoms with E-state index in [9.17, 15) is 18.0 Å². The summed E-state index contributed by atoms with van der Waals surface area (Å²) in [4.78, 5) is 20.5. The van der Waals surface area contributed by atoms with Gasteiger partial charge in [0.2, 0.25) is 5.91 Å². The molecule has 33 heavy (non-hydrogen) atoms. The number of benzene rings is 1. The summed E-state index contributed by atoms with van der Waals surface area (Å²) in [7, 11) is 0. The molecule has 0 aliphatic rings. The molecule has 0 fully saturated rings. The average molecular weight is 453 g/mol. The summed E-state index contributed by atoms with van der Waals surface area (Å²) in [5.41, 5.74) is 1.86. The quantitative estimate of drug-likeness (QED) is 0.427. The number of fused-ring (bicyclic) bond motifs is 1. The summed E-state index contributed by atoms with van der Waals surface area (Å²) in [6.07, 6.45) is -1.85. The molecule has 0 atom stereocenters. The van der Waals surface area contributed by atoms with Crippen molar-refractivity contribution >= 4 is 17.2 Å². The second-order valence-corrected chi connectivity index (χ2v) is 8.78. The number of carbonyl (C=O) groups is 1. The van der Waals surface area contributed by atoms with Crippen molar-refractivity contribution < 1.29 is 18.0 Å². The second kappa shape index (κ2) is 7.99. The Balaban J connectivity index is 1.72. The standard InChI is InChI=1S/C24H22F3N5O/c1-14-7-8-15(12-18(14)30-22(33)23(2,3)4)19-13-32-20(29-19)10-9-17(31-32)16-6-5-11-28-21(16)24(25,26)27/h5-13H,1-4H3,(H,30,33). The highest BCUT2D eigenvalue weighted by atomic mass is 19.4. The zero-order valence-electron chi connectivity index (χ0n) is 18.5. The Morgan fingerprint density at radius 2 is 1.79 bits per heavy atom. The Kier molecular flexibility index (Phi) is 5.43. The summed E-state index contributed by atoms with van der Waals surface area (Å²) in [6.45, 7) is 7.39. The van der Waals surface area contributed by atoms with Crippen LogP contribution in [0.5, 0.6) is 0 Å². The van der Waals surface area contributed by atoms with Crippen LogP contribution in [0.3, 0.4) is 0 Å². The normalized spacial score (nSPS) is 12.2. The molecule has 4 rings (SSSR count). The Labute approximate surface area is 188 Å². The number of aromatic nitrogens is 4. The molecule has 6 nitrogen and oxygen atoms in total. The number of amides is 1. The van der Waals surface area contributed by atoms with Gasteiger partial charge in [0.1, 0.15) is 0 Å². The first-order chi connectivity index (χ1) is 15.4. The van der Waals surface area contributed by atoms with Crippen LogP contribution in [0.2, 0.25) is 0 Å². The van der Waals surface area contributed by atoms with Crippen molar-refractivity contribution in [2.24, 2.45) is 5.41 Å². The third-order valence-electron chi connectivity index (χ3n) is 5.13. The summed E-state index contributed by atoms with van der Waals surface area (Å²) in [5.74, 6) is -0.110. The molecule has 0 saturated heterocycles. The van der Waals surface area contributed by atoms with Gasteiger partial charge in [-0.05, 0) is 42.8 Å². The van der Waals surface area contributed by atoms with Gasteiger partial charge in [-0.1, -0.05) is 32.9 Å². The van der Waals surface area contributed by atoms with E-state index in [1.165, 1.54) is 22.7 Å². The van der Waals surface area contributed by atoms with E-state index in [0.717, 1.165) is 17.3 Å². The van der Waals surface area contributed by atoms with Crippen molar-refractivity contribution in [3.8, 4) is 22.5 Å². The Morgan fingerprint density at radius 3 is 2.48 bits per heavy atom. The molecule has 3 heterocycles. The minimum atomic E-state index is -4.59. The van der Waals surface area contributed by atoms with Gasteiger partial charge in [-0.3, -0.25) is 9.78 Å². The highest BCUT2D eigenvalue weighted by Crippen LogP contribution is 2.35. The summed E-state index contributed by atoms with van der Waals surface area (Å²) in [5, 5.41) is 7.27. The lowest BCUT2D eigenvalue weighted by atomic mass is 9.95. The first-order valence-electron chi connectivity index (χ1n) is 10.2. The van der Waals surface area contributed by atoms with E-state index in [-0.39, 0.29) is 17.2 Å². The molecule has 1 aromatic carbocycles. The van der Waals surface area contributed by atoms with Crippen molar-refractivity contribution in [3.63, 3.8) is 0 Å². The number of rotatable bonds is 3. The molecule has 0 spiro atoms. The number of hydrogen-bond donors (Lipinski definition) is 1. The molecule has 9 heteroatoms. The number of alkyl halides is 3. The lowest BCUT2D eigenvalue weighted by molar-refractivity contribution is -0.140. The minimum Gasteiger partial charge on any atom is -0.325 e. The SMILES string of the molecule is Cc1ccc(-c2cn3nc(-c4cccnc4C(F)(F)F)ccc3n2)cc1NC(=O)C(C)(C)C. The lowest BCUT2D eigenvalue weighted by Gasteiger charge is -2.19. The smallest absolute Gasteiger partial charge is 0.325 e. The van der Waals surface area contributed by atoms with Gasteiger partial charge in [-0.15, -0.1) is 0 Å². The van der Waals surface area contributed by atoms with Crippen LogP contribution in [-0.2, 0) is 11.0 Å². The Bertz CT molecular complexity index is 1350. The predicted octanol–water partition coefficient (Wildman–Crippen LogP) is 5.77. The van der Waals surface area contributed by atoms with Crippen LogP contribution in [0.1, 0.15) is 32.0 Å². The number of nitrogens with zero attached hydrogens (tertiary/aromatic N) is 4. The van der Waals surface area contributed by atoms with E-state index in [1.54, 1.807) is 12.3 Å². The van der Waals surface area contributed by atoms with Crippen molar-refractivity contribution in [2.45, 2.75) is 33.9 Å². The van der Waals surface area contributed by atoms with Crippen LogP contribution in [0.4, 0.5) is 18.9 Å². The highest BCUT2D eigenvalue weighted by Gasteiger charge is 2.35. The number of pyridine rings is 1. The van der Waals surface area contributed by atoms with E-state index in [4.69, 9.17) is 0 Å². The summed E-state index contributed by atoms with van der Waals surface area (Å²) in [6, 6.07) is 11.4. The number of aryl methyl sites for hydroxylation is 1. The molecule has 170 valence electrons. The number of hydrogen-bond acceptors (Lipinski definition) is 4. The molecule has 4 aromatic rings. The Morgan fingerprint density at radius 1 is 1.03 bits per heavy atom. The molecule has 1 amide bonds. The zero-order valence-corrected chi connectivity index (χ0v) is 18.5. The van der Waals surface area contributed by atoms with Gasteiger partial charge in [-0.25, -0.2) is 9.50 Å². The summed E-state index contributed by atoms with van der Waals surface area (Å²) >= 11 is 0. The number of carbonyl (C=O) groups excluding carboxylic acids is 1. The number of halogens is 3. The van der Waals surface area contributed by atoms with E-state index in [0.29, 0.717) is 17.0 Å². The number of imidazole rings is 1. The van der Waals surface area contributed by atoms with Crippen molar-refractivity contribution in [3.05, 3.63) is 66.1 Å². The van der Waals surface area contributed by atoms with Gasteiger partial charge < -0.3 is 5.32 Å². The van der Waals surface area contributed by atoms with Crippen LogP contribution in [0.15, 0.2) is 54.9 Å². The number of nitrogens with one attached hydrogen (secondary N) is 1. The predicted molar refractivity (Wildman–Crippen MR) is 119 cm³/mol. The van der Waals surface area contributed by atoms with Crippen molar-refractivity contribution in [2.75, 3.05) is 5.32 Å². The maximum Gasteiger partial charge on any atom is 0.434 e. The highest BCUT2D eigenvalue weighted by molar-refractivity contribution is 5.95. The molecular weight excluding hydrogens is 431 g/mol.